The number of hydrogen-bond acceptors (Lipinski definition) is 6. The van der Waals surface area contributed by atoms with Crippen LogP contribution in [-0.2, 0) is 28.6 Å². The second-order valence-corrected chi connectivity index (χ2v) is 24.5. The summed E-state index contributed by atoms with van der Waals surface area (Å²) in [6.45, 7) is 6.60. The predicted molar refractivity (Wildman–Crippen MR) is 358 cm³/mol. The maximum Gasteiger partial charge on any atom is 0.306 e. The Labute approximate surface area is 510 Å². The summed E-state index contributed by atoms with van der Waals surface area (Å²) < 4.78 is 17.0. The zero-order valence-electron chi connectivity index (χ0n) is 55.0. The highest BCUT2D eigenvalue weighted by atomic mass is 16.6. The number of hydrogen-bond donors (Lipinski definition) is 0. The zero-order valence-corrected chi connectivity index (χ0v) is 55.0. The third-order valence-corrected chi connectivity index (χ3v) is 16.2. The Morgan fingerprint density at radius 2 is 0.463 bits per heavy atom. The molecule has 0 aromatic heterocycles. The van der Waals surface area contributed by atoms with Crippen molar-refractivity contribution in [1.82, 2.24) is 0 Å². The van der Waals surface area contributed by atoms with Crippen LogP contribution in [0.3, 0.4) is 0 Å². The van der Waals surface area contributed by atoms with Gasteiger partial charge in [-0.2, -0.15) is 0 Å². The Hall–Kier alpha value is -2.89. The van der Waals surface area contributed by atoms with E-state index in [9.17, 15) is 14.4 Å². The molecular weight excluding hydrogens is 1010 g/mol. The van der Waals surface area contributed by atoms with Gasteiger partial charge in [-0.15, -0.1) is 0 Å². The number of ether oxygens (including phenoxy) is 3. The summed E-state index contributed by atoms with van der Waals surface area (Å²) in [5, 5.41) is 0. The number of unbranched alkanes of at least 4 members (excludes halogenated alkanes) is 46. The molecule has 0 saturated heterocycles. The lowest BCUT2D eigenvalue weighted by Gasteiger charge is -2.18. The molecule has 0 bridgehead atoms. The monoisotopic (exact) mass is 1150 g/mol. The molecular formula is C76H138O6. The van der Waals surface area contributed by atoms with E-state index in [1.807, 2.05) is 0 Å². The van der Waals surface area contributed by atoms with Crippen LogP contribution in [0.2, 0.25) is 0 Å². The van der Waals surface area contributed by atoms with Crippen LogP contribution >= 0.6 is 0 Å². The van der Waals surface area contributed by atoms with E-state index < -0.39 is 6.10 Å². The van der Waals surface area contributed by atoms with Gasteiger partial charge in [-0.3, -0.25) is 14.4 Å². The highest BCUT2D eigenvalue weighted by Gasteiger charge is 2.19. The zero-order chi connectivity index (χ0) is 59.2. The Morgan fingerprint density at radius 3 is 0.732 bits per heavy atom. The molecule has 0 radical (unpaired) electrons. The van der Waals surface area contributed by atoms with E-state index in [1.165, 1.54) is 257 Å². The molecule has 6 heteroatoms. The van der Waals surface area contributed by atoms with Crippen LogP contribution in [0.4, 0.5) is 0 Å². The van der Waals surface area contributed by atoms with Gasteiger partial charge in [-0.05, 0) is 103 Å². The third kappa shape index (κ3) is 67.9. The van der Waals surface area contributed by atoms with Gasteiger partial charge in [0.2, 0.25) is 0 Å². The predicted octanol–water partition coefficient (Wildman–Crippen LogP) is 25.1. The van der Waals surface area contributed by atoms with Crippen molar-refractivity contribution in [3.8, 4) is 0 Å². The molecule has 1 atom stereocenters. The van der Waals surface area contributed by atoms with E-state index in [2.05, 4.69) is 81.5 Å². The molecule has 0 heterocycles. The molecule has 0 amide bonds. The van der Waals surface area contributed by atoms with Crippen LogP contribution in [0.15, 0.2) is 60.8 Å². The van der Waals surface area contributed by atoms with Crippen molar-refractivity contribution < 1.29 is 28.6 Å². The Kier molecular flexibility index (Phi) is 68.1. The van der Waals surface area contributed by atoms with Crippen molar-refractivity contribution >= 4 is 17.9 Å². The van der Waals surface area contributed by atoms with Gasteiger partial charge >= 0.3 is 17.9 Å². The van der Waals surface area contributed by atoms with E-state index in [1.54, 1.807) is 0 Å². The first-order valence-corrected chi connectivity index (χ1v) is 36.3. The molecule has 6 nitrogen and oxygen atoms in total. The Morgan fingerprint density at radius 1 is 0.244 bits per heavy atom. The maximum atomic E-state index is 12.9. The SMILES string of the molecule is CCC/C=C\C/C=C\CCCCCCCC(=O)OCC(COC(=O)CCCCCCCCCCCCCCCCCCCCCCC/C=C\C/C=C\CCCCCCC)OC(=O)CCCCCCCCC/C=C\CCCCCCCCC. The number of esters is 3. The van der Waals surface area contributed by atoms with Gasteiger partial charge in [-0.25, -0.2) is 0 Å². The molecule has 0 aliphatic carbocycles. The molecule has 0 fully saturated rings. The van der Waals surface area contributed by atoms with Gasteiger partial charge in [0.05, 0.1) is 0 Å². The summed E-state index contributed by atoms with van der Waals surface area (Å²) in [6.07, 6.45) is 91.3. The summed E-state index contributed by atoms with van der Waals surface area (Å²) in [7, 11) is 0. The van der Waals surface area contributed by atoms with Gasteiger partial charge in [0, 0.05) is 19.3 Å². The standard InChI is InChI=1S/C76H138O6/c1-4-7-10-13-16-19-22-25-27-29-31-32-33-34-35-36-37-38-39-40-41-42-43-44-45-47-48-51-54-57-60-63-66-69-75(78)81-72-73(71-80-74(77)68-65-62-59-56-53-50-24-21-18-15-12-9-6-3)82-76(79)70-67-64-61-58-55-52-49-46-30-28-26-23-20-17-14-11-8-5-2/h12,15,21-22,24-25,28-31,73H,4-11,13-14,16-20,23,26-27,32-72H2,1-3H3/b15-12-,24-21-,25-22-,30-28-,31-29-. The van der Waals surface area contributed by atoms with E-state index in [-0.39, 0.29) is 31.1 Å². The van der Waals surface area contributed by atoms with Gasteiger partial charge < -0.3 is 14.2 Å². The van der Waals surface area contributed by atoms with Gasteiger partial charge in [0.15, 0.2) is 6.10 Å². The number of carbonyl (C=O) groups is 3. The van der Waals surface area contributed by atoms with Crippen molar-refractivity contribution in [2.24, 2.45) is 0 Å². The molecule has 0 rings (SSSR count). The summed E-state index contributed by atoms with van der Waals surface area (Å²) in [5.74, 6) is -0.873. The molecule has 0 aliphatic heterocycles. The Balaban J connectivity index is 4.14. The topological polar surface area (TPSA) is 78.9 Å². The van der Waals surface area contributed by atoms with Crippen LogP contribution in [0.5, 0.6) is 0 Å². The van der Waals surface area contributed by atoms with Crippen LogP contribution in [-0.4, -0.2) is 37.2 Å². The normalized spacial score (nSPS) is 12.4. The summed E-state index contributed by atoms with van der Waals surface area (Å²) in [5.41, 5.74) is 0. The Bertz CT molecular complexity index is 1460. The van der Waals surface area contributed by atoms with Gasteiger partial charge in [0.25, 0.3) is 0 Å². The molecule has 82 heavy (non-hydrogen) atoms. The molecule has 478 valence electrons. The van der Waals surface area contributed by atoms with E-state index in [0.29, 0.717) is 19.3 Å². The number of rotatable bonds is 67. The molecule has 0 N–H and O–H groups in total. The van der Waals surface area contributed by atoms with Crippen molar-refractivity contribution in [2.45, 2.75) is 393 Å². The van der Waals surface area contributed by atoms with E-state index >= 15 is 0 Å². The van der Waals surface area contributed by atoms with Gasteiger partial charge in [0.1, 0.15) is 13.2 Å². The third-order valence-electron chi connectivity index (χ3n) is 16.2. The highest BCUT2D eigenvalue weighted by molar-refractivity contribution is 5.71. The van der Waals surface area contributed by atoms with Crippen molar-refractivity contribution in [1.29, 1.82) is 0 Å². The quantitative estimate of drug-likeness (QED) is 0.0261. The highest BCUT2D eigenvalue weighted by Crippen LogP contribution is 2.18. The molecule has 0 saturated carbocycles. The molecule has 0 aromatic rings. The fourth-order valence-corrected chi connectivity index (χ4v) is 10.7. The molecule has 0 spiro atoms. The van der Waals surface area contributed by atoms with Gasteiger partial charge in [-0.1, -0.05) is 326 Å². The summed E-state index contributed by atoms with van der Waals surface area (Å²) in [4.78, 5) is 38.4. The van der Waals surface area contributed by atoms with Crippen LogP contribution in [0.1, 0.15) is 387 Å². The second-order valence-electron chi connectivity index (χ2n) is 24.5. The fourth-order valence-electron chi connectivity index (χ4n) is 10.7. The first-order valence-electron chi connectivity index (χ1n) is 36.3. The average molecular weight is 1150 g/mol. The second kappa shape index (κ2) is 70.6. The lowest BCUT2D eigenvalue weighted by Crippen LogP contribution is -2.30. The minimum Gasteiger partial charge on any atom is -0.462 e. The first-order chi connectivity index (χ1) is 40.5. The molecule has 1 unspecified atom stereocenters. The number of carbonyl (C=O) groups excluding carboxylic acids is 3. The summed E-state index contributed by atoms with van der Waals surface area (Å²) >= 11 is 0. The van der Waals surface area contributed by atoms with Crippen molar-refractivity contribution in [3.63, 3.8) is 0 Å². The molecule has 0 aliphatic rings. The largest absolute Gasteiger partial charge is 0.462 e. The summed E-state index contributed by atoms with van der Waals surface area (Å²) in [6, 6.07) is 0. The number of allylic oxidation sites excluding steroid dienone is 10. The first kappa shape index (κ1) is 79.1. The molecule has 0 aromatic carbocycles. The van der Waals surface area contributed by atoms with E-state index in [4.69, 9.17) is 14.2 Å². The van der Waals surface area contributed by atoms with Crippen molar-refractivity contribution in [2.75, 3.05) is 13.2 Å². The lowest BCUT2D eigenvalue weighted by atomic mass is 10.0. The maximum absolute atomic E-state index is 12.9. The van der Waals surface area contributed by atoms with Crippen molar-refractivity contribution in [3.05, 3.63) is 60.8 Å². The van der Waals surface area contributed by atoms with E-state index in [0.717, 1.165) is 89.9 Å². The van der Waals surface area contributed by atoms with Crippen LogP contribution < -0.4 is 0 Å². The lowest BCUT2D eigenvalue weighted by molar-refractivity contribution is -0.167. The minimum absolute atomic E-state index is 0.0765. The fraction of sp³-hybridized carbons (Fsp3) is 0.829. The van der Waals surface area contributed by atoms with Crippen LogP contribution in [0, 0.1) is 0 Å². The minimum atomic E-state index is -0.782. The smallest absolute Gasteiger partial charge is 0.306 e. The average Bonchev–Trinajstić information content (AvgIpc) is 3.47. The van der Waals surface area contributed by atoms with Crippen LogP contribution in [0.25, 0.3) is 0 Å².